The number of anilines is 2. The van der Waals surface area contributed by atoms with Crippen molar-refractivity contribution < 1.29 is 4.79 Å². The van der Waals surface area contributed by atoms with E-state index < -0.39 is 0 Å². The van der Waals surface area contributed by atoms with Gasteiger partial charge < -0.3 is 15.1 Å². The summed E-state index contributed by atoms with van der Waals surface area (Å²) in [6, 6.07) is 15.7. The molecule has 0 bridgehead atoms. The normalized spacial score (nSPS) is 14.7. The number of aromatic nitrogens is 3. The van der Waals surface area contributed by atoms with Crippen molar-refractivity contribution in [2.75, 3.05) is 43.4 Å². The van der Waals surface area contributed by atoms with Gasteiger partial charge in [0.25, 0.3) is 5.91 Å². The Hall–Kier alpha value is -2.84. The molecule has 4 rings (SSSR count). The van der Waals surface area contributed by atoms with Crippen molar-refractivity contribution in [3.8, 4) is 0 Å². The zero-order valence-electron chi connectivity index (χ0n) is 16.3. The van der Waals surface area contributed by atoms with Gasteiger partial charge in [0.2, 0.25) is 0 Å². The van der Waals surface area contributed by atoms with E-state index in [9.17, 15) is 4.79 Å². The number of amides is 1. The van der Waals surface area contributed by atoms with Crippen LogP contribution in [0.25, 0.3) is 0 Å². The van der Waals surface area contributed by atoms with Crippen LogP contribution in [0.2, 0.25) is 0 Å². The summed E-state index contributed by atoms with van der Waals surface area (Å²) < 4.78 is 0. The number of carbonyl (C=O) groups excluding carboxylic acids is 1. The minimum absolute atomic E-state index is 0.0963. The lowest BCUT2D eigenvalue weighted by Gasteiger charge is -2.35. The zero-order valence-corrected chi connectivity index (χ0v) is 17.2. The predicted octanol–water partition coefficient (Wildman–Crippen LogP) is 3.10. The number of aromatic amines is 1. The fraction of sp³-hybridized carbons (Fsp3) is 0.286. The van der Waals surface area contributed by atoms with Crippen molar-refractivity contribution in [3.63, 3.8) is 0 Å². The average molecular weight is 409 g/mol. The number of likely N-dealkylation sites (N-methyl/N-ethyl adjacent to an activating group) is 1. The Kier molecular flexibility index (Phi) is 6.12. The second kappa shape index (κ2) is 9.11. The van der Waals surface area contributed by atoms with Crippen molar-refractivity contribution in [1.29, 1.82) is 0 Å². The van der Waals surface area contributed by atoms with E-state index in [4.69, 9.17) is 0 Å². The monoisotopic (exact) mass is 408 g/mol. The van der Waals surface area contributed by atoms with Gasteiger partial charge in [0.15, 0.2) is 5.16 Å². The Bertz CT molecular complexity index is 936. The third-order valence-electron chi connectivity index (χ3n) is 4.98. The van der Waals surface area contributed by atoms with Crippen LogP contribution < -0.4 is 10.2 Å². The Morgan fingerprint density at radius 1 is 1.10 bits per heavy atom. The SMILES string of the molecule is CN1CCN(c2ccccc2NC(=O)c2ccc(CSc3ncn[nH]3)cc2)CC1. The molecule has 7 nitrogen and oxygen atoms in total. The first-order valence-electron chi connectivity index (χ1n) is 9.60. The number of hydrogen-bond donors (Lipinski definition) is 2. The topological polar surface area (TPSA) is 77.2 Å². The number of hydrogen-bond acceptors (Lipinski definition) is 6. The first-order valence-corrected chi connectivity index (χ1v) is 10.6. The van der Waals surface area contributed by atoms with Crippen LogP contribution in [0.4, 0.5) is 11.4 Å². The van der Waals surface area contributed by atoms with Gasteiger partial charge in [-0.1, -0.05) is 36.0 Å². The molecule has 1 aliphatic rings. The molecule has 1 saturated heterocycles. The van der Waals surface area contributed by atoms with E-state index in [2.05, 4.69) is 43.4 Å². The second-order valence-corrected chi connectivity index (χ2v) is 8.00. The maximum Gasteiger partial charge on any atom is 0.255 e. The number of thioether (sulfide) groups is 1. The summed E-state index contributed by atoms with van der Waals surface area (Å²) in [6.45, 7) is 3.97. The average Bonchev–Trinajstić information content (AvgIpc) is 3.27. The molecule has 0 radical (unpaired) electrons. The quantitative estimate of drug-likeness (QED) is 0.611. The van der Waals surface area contributed by atoms with Crippen molar-refractivity contribution in [2.24, 2.45) is 0 Å². The molecule has 2 N–H and O–H groups in total. The summed E-state index contributed by atoms with van der Waals surface area (Å²) in [5.41, 5.74) is 3.70. The van der Waals surface area contributed by atoms with Gasteiger partial charge in [-0.15, -0.1) is 0 Å². The van der Waals surface area contributed by atoms with E-state index in [1.54, 1.807) is 11.8 Å². The van der Waals surface area contributed by atoms with E-state index in [0.29, 0.717) is 5.56 Å². The highest BCUT2D eigenvalue weighted by Gasteiger charge is 2.18. The molecule has 0 atom stereocenters. The van der Waals surface area contributed by atoms with E-state index in [1.807, 2.05) is 42.5 Å². The lowest BCUT2D eigenvalue weighted by Crippen LogP contribution is -2.44. The molecule has 1 aromatic heterocycles. The highest BCUT2D eigenvalue weighted by atomic mass is 32.2. The highest BCUT2D eigenvalue weighted by Crippen LogP contribution is 2.27. The smallest absolute Gasteiger partial charge is 0.255 e. The number of piperazine rings is 1. The molecule has 1 fully saturated rings. The molecular weight excluding hydrogens is 384 g/mol. The Labute approximate surface area is 174 Å². The maximum absolute atomic E-state index is 12.8. The molecule has 29 heavy (non-hydrogen) atoms. The molecule has 1 aliphatic heterocycles. The lowest BCUT2D eigenvalue weighted by atomic mass is 10.1. The minimum atomic E-state index is -0.0963. The van der Waals surface area contributed by atoms with Gasteiger partial charge in [0.05, 0.1) is 11.4 Å². The van der Waals surface area contributed by atoms with Gasteiger partial charge in [-0.25, -0.2) is 4.98 Å². The third kappa shape index (κ3) is 4.96. The number of H-pyrrole nitrogens is 1. The summed E-state index contributed by atoms with van der Waals surface area (Å²) in [5.74, 6) is 0.671. The number of nitrogens with zero attached hydrogens (tertiary/aromatic N) is 4. The summed E-state index contributed by atoms with van der Waals surface area (Å²) in [4.78, 5) is 21.5. The number of rotatable bonds is 6. The van der Waals surface area contributed by atoms with Crippen LogP contribution >= 0.6 is 11.8 Å². The van der Waals surface area contributed by atoms with Crippen molar-refractivity contribution >= 4 is 29.0 Å². The second-order valence-electron chi connectivity index (χ2n) is 7.04. The van der Waals surface area contributed by atoms with E-state index in [0.717, 1.165) is 54.0 Å². The van der Waals surface area contributed by atoms with E-state index in [1.165, 1.54) is 6.33 Å². The number of benzene rings is 2. The first-order chi connectivity index (χ1) is 14.2. The van der Waals surface area contributed by atoms with Gasteiger partial charge in [0.1, 0.15) is 6.33 Å². The van der Waals surface area contributed by atoms with Crippen molar-refractivity contribution in [3.05, 3.63) is 66.0 Å². The Morgan fingerprint density at radius 2 is 1.86 bits per heavy atom. The molecule has 0 unspecified atom stereocenters. The maximum atomic E-state index is 12.8. The molecule has 150 valence electrons. The fourth-order valence-electron chi connectivity index (χ4n) is 3.26. The number of carbonyl (C=O) groups is 1. The van der Waals surface area contributed by atoms with Crippen LogP contribution in [0.1, 0.15) is 15.9 Å². The molecule has 2 heterocycles. The summed E-state index contributed by atoms with van der Waals surface area (Å²) >= 11 is 1.58. The summed E-state index contributed by atoms with van der Waals surface area (Å²) in [7, 11) is 2.14. The van der Waals surface area contributed by atoms with Gasteiger partial charge in [-0.05, 0) is 36.9 Å². The Morgan fingerprint density at radius 3 is 2.59 bits per heavy atom. The van der Waals surface area contributed by atoms with Gasteiger partial charge in [-0.3, -0.25) is 9.89 Å². The van der Waals surface area contributed by atoms with Crippen LogP contribution in [0.5, 0.6) is 0 Å². The largest absolute Gasteiger partial charge is 0.367 e. The highest BCUT2D eigenvalue weighted by molar-refractivity contribution is 7.98. The Balaban J connectivity index is 1.40. The summed E-state index contributed by atoms with van der Waals surface area (Å²) in [6.07, 6.45) is 1.50. The fourth-order valence-corrected chi connectivity index (χ4v) is 4.00. The molecule has 0 aliphatic carbocycles. The van der Waals surface area contributed by atoms with Crippen LogP contribution in [0, 0.1) is 0 Å². The van der Waals surface area contributed by atoms with Gasteiger partial charge in [0, 0.05) is 37.5 Å². The van der Waals surface area contributed by atoms with Crippen LogP contribution in [-0.4, -0.2) is 59.2 Å². The van der Waals surface area contributed by atoms with Crippen LogP contribution in [0.15, 0.2) is 60.0 Å². The van der Waals surface area contributed by atoms with Crippen LogP contribution in [-0.2, 0) is 5.75 Å². The molecule has 8 heteroatoms. The third-order valence-corrected chi connectivity index (χ3v) is 5.93. The van der Waals surface area contributed by atoms with Crippen molar-refractivity contribution in [1.82, 2.24) is 20.1 Å². The van der Waals surface area contributed by atoms with Gasteiger partial charge >= 0.3 is 0 Å². The standard InChI is InChI=1S/C21H24N6OS/c1-26-10-12-27(13-11-26)19-5-3-2-4-18(19)24-20(28)17-8-6-16(7-9-17)14-29-21-22-15-23-25-21/h2-9,15H,10-14H2,1H3,(H,24,28)(H,22,23,25). The van der Waals surface area contributed by atoms with Crippen molar-refractivity contribution in [2.45, 2.75) is 10.9 Å². The number of para-hydroxylation sites is 2. The molecule has 2 aromatic carbocycles. The summed E-state index contributed by atoms with van der Waals surface area (Å²) in [5, 5.41) is 10.5. The number of nitrogens with one attached hydrogen (secondary N) is 2. The molecule has 0 spiro atoms. The minimum Gasteiger partial charge on any atom is -0.367 e. The van der Waals surface area contributed by atoms with E-state index >= 15 is 0 Å². The molecule has 1 amide bonds. The molecule has 3 aromatic rings. The van der Waals surface area contributed by atoms with Crippen LogP contribution in [0.3, 0.4) is 0 Å². The van der Waals surface area contributed by atoms with E-state index in [-0.39, 0.29) is 5.91 Å². The molecular formula is C21H24N6OS. The first kappa shape index (κ1) is 19.5. The zero-order chi connectivity index (χ0) is 20.1. The molecule has 0 saturated carbocycles. The lowest BCUT2D eigenvalue weighted by molar-refractivity contribution is 0.102. The van der Waals surface area contributed by atoms with Gasteiger partial charge in [-0.2, -0.15) is 5.10 Å². The predicted molar refractivity (Wildman–Crippen MR) is 116 cm³/mol.